The Balaban J connectivity index is 2.41. The molecule has 3 nitrogen and oxygen atoms in total. The van der Waals surface area contributed by atoms with Gasteiger partial charge in [0.05, 0.1) is 0 Å². The van der Waals surface area contributed by atoms with Gasteiger partial charge >= 0.3 is 0 Å². The van der Waals surface area contributed by atoms with Crippen molar-refractivity contribution in [1.82, 2.24) is 0 Å². The second-order valence-corrected chi connectivity index (χ2v) is 3.96. The van der Waals surface area contributed by atoms with Crippen LogP contribution in [-0.2, 0) is 11.2 Å². The zero-order chi connectivity index (χ0) is 10.1. The molecule has 0 aliphatic carbocycles. The Morgan fingerprint density at radius 3 is 3.00 bits per heavy atom. The van der Waals surface area contributed by atoms with Crippen molar-refractivity contribution in [2.24, 2.45) is 0 Å². The van der Waals surface area contributed by atoms with E-state index in [0.717, 1.165) is 23.5 Å². The van der Waals surface area contributed by atoms with Gasteiger partial charge in [-0.15, -0.1) is 0 Å². The maximum atomic E-state index is 11.3. The van der Waals surface area contributed by atoms with E-state index in [1.54, 1.807) is 11.8 Å². The summed E-state index contributed by atoms with van der Waals surface area (Å²) in [5, 5.41) is 0. The number of hydrogen-bond donors (Lipinski definition) is 1. The molecule has 1 aliphatic rings. The summed E-state index contributed by atoms with van der Waals surface area (Å²) < 4.78 is 8.91. The molecule has 0 radical (unpaired) electrons. The highest BCUT2D eigenvalue weighted by molar-refractivity contribution is 7.93. The Kier molecular flexibility index (Phi) is 2.48. The zero-order valence-corrected chi connectivity index (χ0v) is 8.67. The maximum absolute atomic E-state index is 11.3. The first kappa shape index (κ1) is 9.55. The highest BCUT2D eigenvalue weighted by Gasteiger charge is 2.21. The fraction of sp³-hybridized carbons (Fsp3) is 0.300. The molecule has 2 rings (SSSR count). The van der Waals surface area contributed by atoms with Gasteiger partial charge in [-0.25, -0.2) is 0 Å². The standard InChI is InChI=1S/C10H11NO2S/c1-7(12)11-5-4-8-2-3-9(14-13)6-10(8)11/h2-3,6,13H,4-5H2,1H3. The number of anilines is 1. The largest absolute Gasteiger partial charge is 0.325 e. The summed E-state index contributed by atoms with van der Waals surface area (Å²) in [4.78, 5) is 13.8. The third kappa shape index (κ3) is 1.51. The molecule has 1 N–H and O–H groups in total. The average Bonchev–Trinajstić information content (AvgIpc) is 2.59. The number of hydrogen-bond acceptors (Lipinski definition) is 3. The number of benzene rings is 1. The van der Waals surface area contributed by atoms with E-state index in [1.165, 1.54) is 5.56 Å². The lowest BCUT2D eigenvalue weighted by Gasteiger charge is -2.14. The maximum Gasteiger partial charge on any atom is 0.223 e. The van der Waals surface area contributed by atoms with Gasteiger partial charge in [0.1, 0.15) is 0 Å². The number of nitrogens with zero attached hydrogens (tertiary/aromatic N) is 1. The van der Waals surface area contributed by atoms with E-state index in [2.05, 4.69) is 0 Å². The molecule has 0 atom stereocenters. The lowest BCUT2D eigenvalue weighted by Crippen LogP contribution is -2.25. The molecule has 1 aromatic rings. The molecule has 1 heterocycles. The third-order valence-electron chi connectivity index (χ3n) is 2.44. The highest BCUT2D eigenvalue weighted by atomic mass is 32.2. The van der Waals surface area contributed by atoms with Crippen molar-refractivity contribution in [3.05, 3.63) is 23.8 Å². The van der Waals surface area contributed by atoms with Crippen LogP contribution in [0.15, 0.2) is 23.1 Å². The second-order valence-electron chi connectivity index (χ2n) is 3.30. The lowest BCUT2D eigenvalue weighted by atomic mass is 10.2. The monoisotopic (exact) mass is 209 g/mol. The highest BCUT2D eigenvalue weighted by Crippen LogP contribution is 2.31. The Bertz CT molecular complexity index is 378. The van der Waals surface area contributed by atoms with Crippen LogP contribution < -0.4 is 4.90 Å². The summed E-state index contributed by atoms with van der Waals surface area (Å²) in [5.41, 5.74) is 2.12. The van der Waals surface area contributed by atoms with E-state index in [4.69, 9.17) is 4.55 Å². The van der Waals surface area contributed by atoms with E-state index in [1.807, 2.05) is 18.2 Å². The number of fused-ring (bicyclic) bond motifs is 1. The first-order chi connectivity index (χ1) is 6.72. The molecule has 0 saturated carbocycles. The smallest absolute Gasteiger partial charge is 0.223 e. The minimum absolute atomic E-state index is 0.0591. The topological polar surface area (TPSA) is 40.5 Å². The van der Waals surface area contributed by atoms with Crippen LogP contribution in [0.25, 0.3) is 0 Å². The van der Waals surface area contributed by atoms with Crippen molar-refractivity contribution in [2.45, 2.75) is 18.2 Å². The Morgan fingerprint density at radius 2 is 2.36 bits per heavy atom. The van der Waals surface area contributed by atoms with Gasteiger partial charge < -0.3 is 9.45 Å². The van der Waals surface area contributed by atoms with E-state index in [0.29, 0.717) is 12.0 Å². The molecule has 0 bridgehead atoms. The number of carbonyl (C=O) groups excluding carboxylic acids is 1. The Morgan fingerprint density at radius 1 is 1.57 bits per heavy atom. The van der Waals surface area contributed by atoms with Crippen LogP contribution in [0.2, 0.25) is 0 Å². The third-order valence-corrected chi connectivity index (χ3v) is 2.90. The molecular formula is C10H11NO2S. The van der Waals surface area contributed by atoms with Crippen molar-refractivity contribution in [2.75, 3.05) is 11.4 Å². The van der Waals surface area contributed by atoms with Crippen molar-refractivity contribution >= 4 is 23.6 Å². The minimum atomic E-state index is 0.0591. The minimum Gasteiger partial charge on any atom is -0.325 e. The van der Waals surface area contributed by atoms with Crippen molar-refractivity contribution in [3.63, 3.8) is 0 Å². The van der Waals surface area contributed by atoms with Gasteiger partial charge in [0.2, 0.25) is 5.91 Å². The second kappa shape index (κ2) is 3.63. The first-order valence-corrected chi connectivity index (χ1v) is 5.22. The Labute approximate surface area is 86.9 Å². The lowest BCUT2D eigenvalue weighted by molar-refractivity contribution is -0.116. The molecule has 0 saturated heterocycles. The summed E-state index contributed by atoms with van der Waals surface area (Å²) >= 11 is 0.711. The summed E-state index contributed by atoms with van der Waals surface area (Å²) in [7, 11) is 0. The van der Waals surface area contributed by atoms with Crippen LogP contribution in [-0.4, -0.2) is 17.0 Å². The summed E-state index contributed by atoms with van der Waals surface area (Å²) in [6, 6.07) is 5.69. The fourth-order valence-electron chi connectivity index (χ4n) is 1.74. The van der Waals surface area contributed by atoms with Crippen LogP contribution in [0.5, 0.6) is 0 Å². The SMILES string of the molecule is CC(=O)N1CCc2ccc(SO)cc21. The van der Waals surface area contributed by atoms with Gasteiger partial charge in [-0.05, 0) is 24.1 Å². The van der Waals surface area contributed by atoms with Crippen molar-refractivity contribution in [3.8, 4) is 0 Å². The summed E-state index contributed by atoms with van der Waals surface area (Å²) in [5.74, 6) is 0.0591. The van der Waals surface area contributed by atoms with Crippen LogP contribution >= 0.6 is 12.0 Å². The van der Waals surface area contributed by atoms with Gasteiger partial charge in [-0.3, -0.25) is 4.79 Å². The van der Waals surface area contributed by atoms with Crippen LogP contribution in [0.3, 0.4) is 0 Å². The fourth-order valence-corrected chi connectivity index (χ4v) is 2.04. The summed E-state index contributed by atoms with van der Waals surface area (Å²) in [6.45, 7) is 2.32. The average molecular weight is 209 g/mol. The molecule has 1 aliphatic heterocycles. The zero-order valence-electron chi connectivity index (χ0n) is 7.86. The molecule has 14 heavy (non-hydrogen) atoms. The molecule has 0 fully saturated rings. The normalized spacial score (nSPS) is 14.3. The van der Waals surface area contributed by atoms with Gasteiger partial charge in [0.15, 0.2) is 0 Å². The van der Waals surface area contributed by atoms with E-state index in [9.17, 15) is 4.79 Å². The Hall–Kier alpha value is -1.00. The quantitative estimate of drug-likeness (QED) is 0.720. The van der Waals surface area contributed by atoms with Gasteiger partial charge in [0, 0.05) is 36.1 Å². The van der Waals surface area contributed by atoms with Gasteiger partial charge in [0.25, 0.3) is 0 Å². The number of amides is 1. The molecule has 0 aromatic heterocycles. The first-order valence-electron chi connectivity index (χ1n) is 4.45. The molecule has 74 valence electrons. The van der Waals surface area contributed by atoms with Gasteiger partial charge in [-0.1, -0.05) is 6.07 Å². The molecule has 1 aromatic carbocycles. The number of carbonyl (C=O) groups is 1. The van der Waals surface area contributed by atoms with Crippen molar-refractivity contribution < 1.29 is 9.35 Å². The van der Waals surface area contributed by atoms with Gasteiger partial charge in [-0.2, -0.15) is 0 Å². The van der Waals surface area contributed by atoms with Crippen LogP contribution in [0, 0.1) is 0 Å². The molecular weight excluding hydrogens is 198 g/mol. The molecule has 0 spiro atoms. The van der Waals surface area contributed by atoms with E-state index >= 15 is 0 Å². The molecule has 1 amide bonds. The van der Waals surface area contributed by atoms with E-state index < -0.39 is 0 Å². The molecule has 4 heteroatoms. The predicted molar refractivity (Wildman–Crippen MR) is 56.7 cm³/mol. The predicted octanol–water partition coefficient (Wildman–Crippen LogP) is 2.16. The molecule has 0 unspecified atom stereocenters. The van der Waals surface area contributed by atoms with Crippen LogP contribution in [0.1, 0.15) is 12.5 Å². The summed E-state index contributed by atoms with van der Waals surface area (Å²) in [6.07, 6.45) is 0.908. The van der Waals surface area contributed by atoms with Crippen LogP contribution in [0.4, 0.5) is 5.69 Å². The number of rotatable bonds is 1. The van der Waals surface area contributed by atoms with Crippen molar-refractivity contribution in [1.29, 1.82) is 0 Å². The van der Waals surface area contributed by atoms with E-state index in [-0.39, 0.29) is 5.91 Å².